The molecule has 5 heterocycles. The van der Waals surface area contributed by atoms with E-state index in [2.05, 4.69) is 55.0 Å². The summed E-state index contributed by atoms with van der Waals surface area (Å²) in [6.45, 7) is 1.76. The highest BCUT2D eigenvalue weighted by Gasteiger charge is 2.02. The smallest absolute Gasteiger partial charge is 0.305 e. The van der Waals surface area contributed by atoms with Gasteiger partial charge in [0.1, 0.15) is 0 Å². The Kier molecular flexibility index (Phi) is 8.81. The number of nitrogens with one attached hydrogen (secondary N) is 2. The minimum atomic E-state index is -0.157. The minimum absolute atomic E-state index is 0. The molecular formula is C24H24Cl2N4O2. The van der Waals surface area contributed by atoms with Crippen LogP contribution in [0.2, 0.25) is 0 Å². The second kappa shape index (κ2) is 11.3. The zero-order valence-electron chi connectivity index (χ0n) is 17.7. The van der Waals surface area contributed by atoms with Crippen LogP contribution in [0.4, 0.5) is 0 Å². The summed E-state index contributed by atoms with van der Waals surface area (Å²) in [4.78, 5) is 26.0. The van der Waals surface area contributed by atoms with Crippen molar-refractivity contribution >= 4 is 77.2 Å². The van der Waals surface area contributed by atoms with Crippen molar-refractivity contribution in [3.05, 3.63) is 71.3 Å². The zero-order valence-corrected chi connectivity index (χ0v) is 19.3. The molecule has 0 spiro atoms. The van der Waals surface area contributed by atoms with Gasteiger partial charge in [0.25, 0.3) is 0 Å². The summed E-state index contributed by atoms with van der Waals surface area (Å²) in [5, 5.41) is 0. The van der Waals surface area contributed by atoms with Crippen LogP contribution >= 0.6 is 24.8 Å². The van der Waals surface area contributed by atoms with Gasteiger partial charge in [-0.05, 0) is 72.8 Å². The fourth-order valence-electron chi connectivity index (χ4n) is 3.09. The number of aromatic nitrogens is 4. The lowest BCUT2D eigenvalue weighted by molar-refractivity contribution is -0.140. The van der Waals surface area contributed by atoms with Gasteiger partial charge in [-0.15, -0.1) is 24.8 Å². The summed E-state index contributed by atoms with van der Waals surface area (Å²) in [6.07, 6.45) is 8.52. The van der Waals surface area contributed by atoms with Crippen LogP contribution in [0.25, 0.3) is 46.4 Å². The van der Waals surface area contributed by atoms with Crippen LogP contribution in [0.3, 0.4) is 0 Å². The van der Waals surface area contributed by atoms with Gasteiger partial charge in [-0.25, -0.2) is 9.97 Å². The summed E-state index contributed by atoms with van der Waals surface area (Å²) < 4.78 is 4.26. The van der Waals surface area contributed by atoms with Crippen molar-refractivity contribution < 1.29 is 9.53 Å². The predicted octanol–water partition coefficient (Wildman–Crippen LogP) is 6.07. The molecule has 8 heteroatoms. The summed E-state index contributed by atoms with van der Waals surface area (Å²) >= 11 is 0. The lowest BCUT2D eigenvalue weighted by atomic mass is 10.3. The Morgan fingerprint density at radius 2 is 1.09 bits per heavy atom. The summed E-state index contributed by atoms with van der Waals surface area (Å²) in [6, 6.07) is 16.4. The van der Waals surface area contributed by atoms with Crippen molar-refractivity contribution in [2.24, 2.45) is 0 Å². The van der Waals surface area contributed by atoms with Crippen LogP contribution in [0.1, 0.15) is 36.1 Å². The molecule has 3 aromatic rings. The SMILES string of the molecule is C1=Cc2cc3ccc(cc4ccc(cc5nc(cc1n2)C=C5)[nH]4)[nH]3.CCC(=O)OC.Cl.Cl. The van der Waals surface area contributed by atoms with E-state index in [-0.39, 0.29) is 30.8 Å². The predicted molar refractivity (Wildman–Crippen MR) is 136 cm³/mol. The zero-order chi connectivity index (χ0) is 20.9. The molecule has 166 valence electrons. The van der Waals surface area contributed by atoms with Gasteiger partial charge in [0, 0.05) is 28.5 Å². The van der Waals surface area contributed by atoms with E-state index < -0.39 is 0 Å². The van der Waals surface area contributed by atoms with Gasteiger partial charge >= 0.3 is 5.97 Å². The molecule has 2 aliphatic heterocycles. The molecular weight excluding hydrogens is 447 g/mol. The van der Waals surface area contributed by atoms with Gasteiger partial charge in [0.05, 0.1) is 29.9 Å². The first-order valence-electron chi connectivity index (χ1n) is 9.72. The molecule has 32 heavy (non-hydrogen) atoms. The number of hydrogen-bond donors (Lipinski definition) is 2. The molecule has 0 aliphatic carbocycles. The van der Waals surface area contributed by atoms with Crippen molar-refractivity contribution in [1.29, 1.82) is 0 Å². The molecule has 0 fully saturated rings. The van der Waals surface area contributed by atoms with E-state index in [9.17, 15) is 4.79 Å². The standard InChI is InChI=1S/C20H14N4.C4H8O2.2ClH/c1-2-14-10-16-5-6-18(23-16)12-20-8-7-19(24-20)11-17-4-3-15(22-17)9-13(1)21-14;1-3-4(5)6-2;;/h1-12,21-22H;3H2,1-2H3;2*1H. The highest BCUT2D eigenvalue weighted by molar-refractivity contribution is 5.85. The average Bonchev–Trinajstić information content (AvgIpc) is 3.53. The van der Waals surface area contributed by atoms with Crippen LogP contribution in [0.15, 0.2) is 48.5 Å². The molecule has 2 aliphatic rings. The Labute approximate surface area is 198 Å². The fourth-order valence-corrected chi connectivity index (χ4v) is 3.09. The number of carbonyl (C=O) groups is 1. The fraction of sp³-hybridized carbons (Fsp3) is 0.125. The van der Waals surface area contributed by atoms with E-state index in [4.69, 9.17) is 0 Å². The third-order valence-electron chi connectivity index (χ3n) is 4.56. The third-order valence-corrected chi connectivity index (χ3v) is 4.56. The lowest BCUT2D eigenvalue weighted by Gasteiger charge is -1.87. The quantitative estimate of drug-likeness (QED) is 0.291. The summed E-state index contributed by atoms with van der Waals surface area (Å²) in [5.41, 5.74) is 7.86. The Morgan fingerprint density at radius 1 is 0.719 bits per heavy atom. The number of H-pyrrole nitrogens is 2. The van der Waals surface area contributed by atoms with E-state index in [0.29, 0.717) is 6.42 Å². The summed E-state index contributed by atoms with van der Waals surface area (Å²) in [7, 11) is 1.38. The molecule has 5 rings (SSSR count). The van der Waals surface area contributed by atoms with Crippen LogP contribution in [-0.4, -0.2) is 33.0 Å². The number of rotatable bonds is 1. The Hall–Kier alpha value is -3.35. The second-order valence-electron chi connectivity index (χ2n) is 6.83. The second-order valence-corrected chi connectivity index (χ2v) is 6.83. The van der Waals surface area contributed by atoms with Crippen LogP contribution < -0.4 is 0 Å². The van der Waals surface area contributed by atoms with Gasteiger partial charge < -0.3 is 14.7 Å². The van der Waals surface area contributed by atoms with Crippen molar-refractivity contribution in [3.8, 4) is 0 Å². The number of hydrogen-bond acceptors (Lipinski definition) is 4. The largest absolute Gasteiger partial charge is 0.469 e. The molecule has 0 saturated heterocycles. The van der Waals surface area contributed by atoms with E-state index >= 15 is 0 Å². The van der Waals surface area contributed by atoms with Crippen LogP contribution in [-0.2, 0) is 9.53 Å². The molecule has 0 unspecified atom stereocenters. The van der Waals surface area contributed by atoms with Gasteiger partial charge in [-0.2, -0.15) is 0 Å². The number of ether oxygens (including phenoxy) is 1. The molecule has 6 nitrogen and oxygen atoms in total. The van der Waals surface area contributed by atoms with Gasteiger partial charge in [-0.1, -0.05) is 6.92 Å². The minimum Gasteiger partial charge on any atom is -0.469 e. The van der Waals surface area contributed by atoms with Gasteiger partial charge in [-0.3, -0.25) is 4.79 Å². The number of nitrogens with zero attached hydrogens (tertiary/aromatic N) is 2. The first-order chi connectivity index (χ1) is 14.6. The molecule has 0 atom stereocenters. The third kappa shape index (κ3) is 6.33. The van der Waals surface area contributed by atoms with E-state index in [0.717, 1.165) is 44.8 Å². The molecule has 0 saturated carbocycles. The maximum atomic E-state index is 9.96. The number of carbonyl (C=O) groups excluding carboxylic acids is 1. The topological polar surface area (TPSA) is 83.7 Å². The van der Waals surface area contributed by atoms with Crippen LogP contribution in [0, 0.1) is 0 Å². The molecule has 0 radical (unpaired) electrons. The van der Waals surface area contributed by atoms with Crippen molar-refractivity contribution in [1.82, 2.24) is 19.9 Å². The molecule has 0 aromatic carbocycles. The van der Waals surface area contributed by atoms with Crippen molar-refractivity contribution in [2.75, 3.05) is 7.11 Å². The Balaban J connectivity index is 0.000000406. The van der Waals surface area contributed by atoms with Crippen molar-refractivity contribution in [3.63, 3.8) is 0 Å². The normalized spacial score (nSPS) is 10.9. The van der Waals surface area contributed by atoms with E-state index in [1.165, 1.54) is 7.11 Å². The van der Waals surface area contributed by atoms with Crippen LogP contribution in [0.5, 0.6) is 0 Å². The number of halogens is 2. The number of aromatic amines is 2. The average molecular weight is 471 g/mol. The number of methoxy groups -OCH3 is 1. The van der Waals surface area contributed by atoms with E-state index in [1.54, 1.807) is 6.92 Å². The maximum absolute atomic E-state index is 9.96. The first kappa shape index (κ1) is 24.9. The molecule has 8 bridgehead atoms. The van der Waals surface area contributed by atoms with Gasteiger partial charge in [0.15, 0.2) is 0 Å². The van der Waals surface area contributed by atoms with E-state index in [1.807, 2.05) is 42.5 Å². The Bertz CT molecular complexity index is 1210. The monoisotopic (exact) mass is 470 g/mol. The molecule has 3 aromatic heterocycles. The van der Waals surface area contributed by atoms with Crippen molar-refractivity contribution in [2.45, 2.75) is 13.3 Å². The molecule has 2 N–H and O–H groups in total. The Morgan fingerprint density at radius 3 is 1.44 bits per heavy atom. The number of fused-ring (bicyclic) bond motifs is 8. The first-order valence-corrected chi connectivity index (χ1v) is 9.72. The number of esters is 1. The highest BCUT2D eigenvalue weighted by atomic mass is 35.5. The highest BCUT2D eigenvalue weighted by Crippen LogP contribution is 2.17. The lowest BCUT2D eigenvalue weighted by Crippen LogP contribution is -1.94. The van der Waals surface area contributed by atoms with Gasteiger partial charge in [0.2, 0.25) is 0 Å². The molecule has 0 amide bonds. The maximum Gasteiger partial charge on any atom is 0.305 e. The summed E-state index contributed by atoms with van der Waals surface area (Å²) in [5.74, 6) is -0.157.